The maximum absolute atomic E-state index is 13.9. The fourth-order valence-corrected chi connectivity index (χ4v) is 3.47. The number of halogens is 4. The maximum Gasteiger partial charge on any atom is 0.419 e. The van der Waals surface area contributed by atoms with Gasteiger partial charge < -0.3 is 5.32 Å². The number of nitrogens with zero attached hydrogens (tertiary/aromatic N) is 1. The molecule has 1 aliphatic carbocycles. The predicted octanol–water partition coefficient (Wildman–Crippen LogP) is 4.46. The third kappa shape index (κ3) is 3.57. The molecular weight excluding hydrogens is 348 g/mol. The Morgan fingerprint density at radius 2 is 2.08 bits per heavy atom. The number of hydrogen-bond acceptors (Lipinski definition) is 2. The highest BCUT2D eigenvalue weighted by molar-refractivity contribution is 5.77. The summed E-state index contributed by atoms with van der Waals surface area (Å²) in [5, 5.41) is 2.76. The molecule has 1 unspecified atom stereocenters. The topological polar surface area (TPSA) is 42.0 Å². The monoisotopic (exact) mass is 366 g/mol. The molecule has 0 spiro atoms. The first-order valence-electron chi connectivity index (χ1n) is 8.41. The second kappa shape index (κ2) is 7.05. The molecule has 3 nitrogen and oxygen atoms in total. The van der Waals surface area contributed by atoms with Crippen molar-refractivity contribution in [1.29, 1.82) is 0 Å². The van der Waals surface area contributed by atoms with Gasteiger partial charge in [0.05, 0.1) is 5.56 Å². The molecule has 1 atom stereocenters. The van der Waals surface area contributed by atoms with Crippen molar-refractivity contribution in [3.05, 3.63) is 53.1 Å². The zero-order chi connectivity index (χ0) is 18.9. The smallest absolute Gasteiger partial charge is 0.356 e. The van der Waals surface area contributed by atoms with Crippen molar-refractivity contribution in [1.82, 2.24) is 10.3 Å². The summed E-state index contributed by atoms with van der Waals surface area (Å²) in [4.78, 5) is 16.0. The van der Waals surface area contributed by atoms with Gasteiger partial charge in [-0.25, -0.2) is 4.39 Å². The average molecular weight is 366 g/mol. The lowest BCUT2D eigenvalue weighted by atomic mass is 9.95. The Balaban J connectivity index is 1.93. The van der Waals surface area contributed by atoms with Gasteiger partial charge in [-0.05, 0) is 54.5 Å². The molecule has 0 fully saturated rings. The summed E-state index contributed by atoms with van der Waals surface area (Å²) >= 11 is 0. The standard InChI is InChI=1S/C19H18F4N2O/c1-2-25-18(26)8-12-3-5-13-14(9-24-10-15(12)13)11-4-6-16(17(20)7-11)19(21,22)23/h4,6-7,9-10,12H,2-3,5,8H2,1H3,(H,25,26). The molecule has 1 aromatic heterocycles. The van der Waals surface area contributed by atoms with Crippen LogP contribution in [0, 0.1) is 5.82 Å². The van der Waals surface area contributed by atoms with Gasteiger partial charge in [0.1, 0.15) is 5.82 Å². The van der Waals surface area contributed by atoms with Crippen molar-refractivity contribution in [3.8, 4) is 11.1 Å². The zero-order valence-corrected chi connectivity index (χ0v) is 14.2. The van der Waals surface area contributed by atoms with Crippen molar-refractivity contribution in [2.45, 2.75) is 38.3 Å². The van der Waals surface area contributed by atoms with Gasteiger partial charge in [-0.15, -0.1) is 0 Å². The van der Waals surface area contributed by atoms with E-state index in [4.69, 9.17) is 0 Å². The van der Waals surface area contributed by atoms with E-state index in [-0.39, 0.29) is 11.8 Å². The second-order valence-electron chi connectivity index (χ2n) is 6.34. The number of fused-ring (bicyclic) bond motifs is 1. The van der Waals surface area contributed by atoms with Crippen molar-refractivity contribution < 1.29 is 22.4 Å². The molecule has 7 heteroatoms. The summed E-state index contributed by atoms with van der Waals surface area (Å²) in [7, 11) is 0. The second-order valence-corrected chi connectivity index (χ2v) is 6.34. The Bertz CT molecular complexity index is 833. The molecule has 0 saturated heterocycles. The highest BCUT2D eigenvalue weighted by atomic mass is 19.4. The van der Waals surface area contributed by atoms with Crippen LogP contribution in [0.4, 0.5) is 17.6 Å². The number of alkyl halides is 3. The summed E-state index contributed by atoms with van der Waals surface area (Å²) in [5.41, 5.74) is 1.53. The molecule has 138 valence electrons. The van der Waals surface area contributed by atoms with Crippen molar-refractivity contribution in [2.24, 2.45) is 0 Å². The summed E-state index contributed by atoms with van der Waals surface area (Å²) < 4.78 is 52.2. The lowest BCUT2D eigenvalue weighted by Crippen LogP contribution is -2.24. The Hall–Kier alpha value is -2.44. The van der Waals surface area contributed by atoms with Gasteiger partial charge in [-0.1, -0.05) is 6.07 Å². The van der Waals surface area contributed by atoms with E-state index < -0.39 is 17.6 Å². The minimum Gasteiger partial charge on any atom is -0.356 e. The van der Waals surface area contributed by atoms with Gasteiger partial charge in [0.25, 0.3) is 0 Å². The molecule has 0 aliphatic heterocycles. The number of carbonyl (C=O) groups excluding carboxylic acids is 1. The Labute approximate surface area is 148 Å². The number of nitrogens with one attached hydrogen (secondary N) is 1. The van der Waals surface area contributed by atoms with Crippen molar-refractivity contribution >= 4 is 5.91 Å². The molecule has 26 heavy (non-hydrogen) atoms. The Morgan fingerprint density at radius 3 is 2.73 bits per heavy atom. The summed E-state index contributed by atoms with van der Waals surface area (Å²) in [6, 6.07) is 2.92. The first-order valence-corrected chi connectivity index (χ1v) is 8.41. The fourth-order valence-electron chi connectivity index (χ4n) is 3.47. The SMILES string of the molecule is CCNC(=O)CC1CCc2c(-c3ccc(C(F)(F)F)c(F)c3)cncc21. The number of pyridine rings is 1. The Kier molecular flexibility index (Phi) is 4.98. The van der Waals surface area contributed by atoms with E-state index in [9.17, 15) is 22.4 Å². The van der Waals surface area contributed by atoms with Crippen LogP contribution in [0.2, 0.25) is 0 Å². The van der Waals surface area contributed by atoms with Crippen LogP contribution in [-0.4, -0.2) is 17.4 Å². The van der Waals surface area contributed by atoms with Gasteiger partial charge in [-0.3, -0.25) is 9.78 Å². The largest absolute Gasteiger partial charge is 0.419 e. The molecule has 0 saturated carbocycles. The molecule has 2 aromatic rings. The van der Waals surface area contributed by atoms with E-state index in [2.05, 4.69) is 10.3 Å². The van der Waals surface area contributed by atoms with Gasteiger partial charge in [0, 0.05) is 30.9 Å². The Morgan fingerprint density at radius 1 is 1.31 bits per heavy atom. The number of benzene rings is 1. The molecule has 1 aromatic carbocycles. The zero-order valence-electron chi connectivity index (χ0n) is 14.2. The van der Waals surface area contributed by atoms with Crippen molar-refractivity contribution in [2.75, 3.05) is 6.54 Å². The molecule has 1 N–H and O–H groups in total. The van der Waals surface area contributed by atoms with Crippen LogP contribution in [0.3, 0.4) is 0 Å². The summed E-state index contributed by atoms with van der Waals surface area (Å²) in [6.07, 6.45) is 0.282. The molecule has 0 radical (unpaired) electrons. The number of aromatic nitrogens is 1. The van der Waals surface area contributed by atoms with Gasteiger partial charge in [0.2, 0.25) is 5.91 Å². The van der Waals surface area contributed by atoms with E-state index >= 15 is 0 Å². The van der Waals surface area contributed by atoms with Crippen molar-refractivity contribution in [3.63, 3.8) is 0 Å². The third-order valence-corrected chi connectivity index (χ3v) is 4.66. The van der Waals surface area contributed by atoms with Crippen LogP contribution >= 0.6 is 0 Å². The first kappa shape index (κ1) is 18.4. The maximum atomic E-state index is 13.9. The van der Waals surface area contributed by atoms with E-state index in [0.717, 1.165) is 29.7 Å². The number of rotatable bonds is 4. The van der Waals surface area contributed by atoms with Gasteiger partial charge >= 0.3 is 6.18 Å². The molecule has 3 rings (SSSR count). The predicted molar refractivity (Wildman–Crippen MR) is 89.0 cm³/mol. The molecule has 1 aliphatic rings. The van der Waals surface area contributed by atoms with E-state index in [1.165, 1.54) is 12.3 Å². The third-order valence-electron chi connectivity index (χ3n) is 4.66. The summed E-state index contributed by atoms with van der Waals surface area (Å²) in [6.45, 7) is 2.40. The lowest BCUT2D eigenvalue weighted by molar-refractivity contribution is -0.140. The van der Waals surface area contributed by atoms with E-state index in [1.54, 1.807) is 6.20 Å². The molecule has 1 amide bonds. The number of amides is 1. The van der Waals surface area contributed by atoms with Crippen LogP contribution in [0.1, 0.15) is 42.4 Å². The molecule has 1 heterocycles. The van der Waals surface area contributed by atoms with Crippen LogP contribution in [0.25, 0.3) is 11.1 Å². The molecular formula is C19H18F4N2O. The number of carbonyl (C=O) groups is 1. The highest BCUT2D eigenvalue weighted by Gasteiger charge is 2.34. The fraction of sp³-hybridized carbons (Fsp3) is 0.368. The van der Waals surface area contributed by atoms with E-state index in [0.29, 0.717) is 30.5 Å². The van der Waals surface area contributed by atoms with E-state index in [1.807, 2.05) is 6.92 Å². The van der Waals surface area contributed by atoms with Crippen LogP contribution < -0.4 is 5.32 Å². The average Bonchev–Trinajstić information content (AvgIpc) is 2.97. The molecule has 0 bridgehead atoms. The minimum absolute atomic E-state index is 0.0169. The lowest BCUT2D eigenvalue weighted by Gasteiger charge is -2.13. The van der Waals surface area contributed by atoms with Crippen LogP contribution in [0.5, 0.6) is 0 Å². The van der Waals surface area contributed by atoms with Crippen LogP contribution in [-0.2, 0) is 17.4 Å². The van der Waals surface area contributed by atoms with Gasteiger partial charge in [-0.2, -0.15) is 13.2 Å². The highest BCUT2D eigenvalue weighted by Crippen LogP contribution is 2.41. The normalized spacial score (nSPS) is 16.4. The van der Waals surface area contributed by atoms with Gasteiger partial charge in [0.15, 0.2) is 0 Å². The first-order chi connectivity index (χ1) is 12.3. The minimum atomic E-state index is -4.72. The quantitative estimate of drug-likeness (QED) is 0.812. The van der Waals surface area contributed by atoms with Crippen LogP contribution in [0.15, 0.2) is 30.6 Å². The summed E-state index contributed by atoms with van der Waals surface area (Å²) in [5.74, 6) is -1.33. The number of hydrogen-bond donors (Lipinski definition) is 1.